The number of nitrogens with zero attached hydrogens (tertiary/aromatic N) is 3. The number of β-amino-alcohol motifs (C(OH)–C–C–N with tert-alkyl or cyclic N) is 1. The van der Waals surface area contributed by atoms with E-state index in [1.165, 1.54) is 4.90 Å². The van der Waals surface area contributed by atoms with Gasteiger partial charge in [-0.1, -0.05) is 0 Å². The molecule has 0 aromatic heterocycles. The Morgan fingerprint density at radius 3 is 2.68 bits per heavy atom. The van der Waals surface area contributed by atoms with Crippen molar-refractivity contribution in [1.29, 1.82) is 0 Å². The molecule has 0 aliphatic carbocycles. The Bertz CT molecular complexity index is 413. The number of aliphatic hydroxyl groups excluding tert-OH is 2. The minimum atomic E-state index is -0.632. The highest BCUT2D eigenvalue weighted by Crippen LogP contribution is 2.19. The van der Waals surface area contributed by atoms with Crippen LogP contribution < -0.4 is 10.6 Å². The van der Waals surface area contributed by atoms with E-state index in [0.29, 0.717) is 5.96 Å². The van der Waals surface area contributed by atoms with E-state index in [1.54, 1.807) is 11.9 Å². The summed E-state index contributed by atoms with van der Waals surface area (Å²) in [7, 11) is 1.57. The Kier molecular flexibility index (Phi) is 3.86. The molecule has 106 valence electrons. The molecule has 2 unspecified atom stereocenters. The maximum Gasteiger partial charge on any atom is 0.325 e. The zero-order chi connectivity index (χ0) is 14.0. The van der Waals surface area contributed by atoms with Crippen molar-refractivity contribution < 1.29 is 19.8 Å². The Labute approximate surface area is 109 Å². The van der Waals surface area contributed by atoms with Gasteiger partial charge in [-0.2, -0.15) is 0 Å². The molecule has 0 aromatic carbocycles. The molecule has 4 N–H and O–H groups in total. The first-order chi connectivity index (χ1) is 9.10. The summed E-state index contributed by atoms with van der Waals surface area (Å²) in [5, 5.41) is 23.1. The lowest BCUT2D eigenvalue weighted by Gasteiger charge is -2.35. The fourth-order valence-corrected chi connectivity index (χ4v) is 2.23. The molecule has 0 saturated carbocycles. The molecule has 0 bridgehead atoms. The van der Waals surface area contributed by atoms with Crippen LogP contribution in [0.1, 0.15) is 0 Å². The predicted octanol–water partition coefficient (Wildman–Crippen LogP) is -2.89. The van der Waals surface area contributed by atoms with Crippen molar-refractivity contribution in [3.8, 4) is 0 Å². The maximum atomic E-state index is 11.9. The van der Waals surface area contributed by atoms with E-state index in [0.717, 1.165) is 0 Å². The summed E-state index contributed by atoms with van der Waals surface area (Å²) in [6.07, 6.45) is -0.523. The molecule has 2 aliphatic rings. The van der Waals surface area contributed by atoms with Crippen molar-refractivity contribution in [2.75, 3.05) is 33.4 Å². The van der Waals surface area contributed by atoms with Crippen LogP contribution in [0.25, 0.3) is 0 Å². The number of aliphatic imine (C=N–C) groups is 1. The summed E-state index contributed by atoms with van der Waals surface area (Å²) in [6.45, 7) is 0.138. The van der Waals surface area contributed by atoms with Crippen LogP contribution in [0, 0.1) is 0 Å². The zero-order valence-electron chi connectivity index (χ0n) is 10.5. The summed E-state index contributed by atoms with van der Waals surface area (Å²) in [5.74, 6) is -0.0296. The van der Waals surface area contributed by atoms with Gasteiger partial charge in [0, 0.05) is 13.6 Å². The van der Waals surface area contributed by atoms with Gasteiger partial charge in [0.1, 0.15) is 6.17 Å². The molecule has 2 heterocycles. The molecule has 2 fully saturated rings. The lowest BCUT2D eigenvalue weighted by atomic mass is 10.1. The van der Waals surface area contributed by atoms with E-state index in [2.05, 4.69) is 15.6 Å². The highest BCUT2D eigenvalue weighted by Gasteiger charge is 2.49. The molecule has 9 nitrogen and oxygen atoms in total. The van der Waals surface area contributed by atoms with Crippen molar-refractivity contribution in [1.82, 2.24) is 20.4 Å². The van der Waals surface area contributed by atoms with Crippen LogP contribution in [0.15, 0.2) is 4.99 Å². The second-order valence-corrected chi connectivity index (χ2v) is 4.29. The van der Waals surface area contributed by atoms with Crippen LogP contribution >= 0.6 is 0 Å². The molecule has 0 spiro atoms. The fourth-order valence-electron chi connectivity index (χ4n) is 2.23. The van der Waals surface area contributed by atoms with E-state index < -0.39 is 24.1 Å². The van der Waals surface area contributed by atoms with Gasteiger partial charge in [0.05, 0.1) is 19.8 Å². The number of carbonyl (C=O) groups excluding carboxylic acids is 2. The molecular weight excluding hydrogens is 254 g/mol. The van der Waals surface area contributed by atoms with Gasteiger partial charge < -0.3 is 25.3 Å². The molecule has 2 saturated heterocycles. The van der Waals surface area contributed by atoms with Crippen molar-refractivity contribution in [3.05, 3.63) is 0 Å². The van der Waals surface area contributed by atoms with Gasteiger partial charge in [0.2, 0.25) is 0 Å². The number of imide groups is 1. The summed E-state index contributed by atoms with van der Waals surface area (Å²) in [5.41, 5.74) is 0. The standard InChI is InChI=1S/C10H17N5O4/c1-14-7-6(8(18)13-10(14)19)15(3-5-17)9(12-7)11-2-4-16/h6-7,16-17H,2-5H2,1H3,(H,11,12)(H,13,18,19). The number of nitrogens with one attached hydrogen (secondary N) is 2. The van der Waals surface area contributed by atoms with Gasteiger partial charge in [-0.05, 0) is 0 Å². The Hall–Kier alpha value is -1.87. The first-order valence-electron chi connectivity index (χ1n) is 5.97. The number of fused-ring (bicyclic) bond motifs is 1. The number of guanidine groups is 1. The minimum absolute atomic E-state index is 0.117. The molecule has 2 aliphatic heterocycles. The van der Waals surface area contributed by atoms with Crippen molar-refractivity contribution >= 4 is 17.9 Å². The summed E-state index contributed by atoms with van der Waals surface area (Å²) < 4.78 is 0. The second-order valence-electron chi connectivity index (χ2n) is 4.29. The minimum Gasteiger partial charge on any atom is -0.395 e. The van der Waals surface area contributed by atoms with Crippen LogP contribution in [-0.2, 0) is 4.79 Å². The molecule has 2 atom stereocenters. The SMILES string of the molecule is CN1C(=O)NC(=O)C2C1NC(=NCCO)N2CCO. The molecule has 0 aromatic rings. The Balaban J connectivity index is 2.27. The third-order valence-electron chi connectivity index (χ3n) is 3.12. The largest absolute Gasteiger partial charge is 0.395 e. The molecule has 19 heavy (non-hydrogen) atoms. The van der Waals surface area contributed by atoms with Gasteiger partial charge >= 0.3 is 6.03 Å². The monoisotopic (exact) mass is 271 g/mol. The van der Waals surface area contributed by atoms with Crippen molar-refractivity contribution in [3.63, 3.8) is 0 Å². The lowest BCUT2D eigenvalue weighted by molar-refractivity contribution is -0.127. The maximum absolute atomic E-state index is 11.9. The molecule has 3 amide bonds. The Morgan fingerprint density at radius 2 is 2.05 bits per heavy atom. The average molecular weight is 271 g/mol. The average Bonchev–Trinajstić information content (AvgIpc) is 2.74. The van der Waals surface area contributed by atoms with Gasteiger partial charge in [-0.25, -0.2) is 4.79 Å². The van der Waals surface area contributed by atoms with Crippen molar-refractivity contribution in [2.45, 2.75) is 12.2 Å². The van der Waals surface area contributed by atoms with E-state index in [1.807, 2.05) is 0 Å². The number of urea groups is 1. The topological polar surface area (TPSA) is 118 Å². The number of likely N-dealkylation sites (N-methyl/N-ethyl adjacent to an activating group) is 1. The third kappa shape index (κ3) is 2.34. The highest BCUT2D eigenvalue weighted by molar-refractivity contribution is 6.04. The van der Waals surface area contributed by atoms with Crippen LogP contribution in [0.4, 0.5) is 4.79 Å². The predicted molar refractivity (Wildman–Crippen MR) is 65.2 cm³/mol. The fraction of sp³-hybridized carbons (Fsp3) is 0.700. The lowest BCUT2D eigenvalue weighted by Crippen LogP contribution is -2.65. The molecule has 0 radical (unpaired) electrons. The second kappa shape index (κ2) is 5.41. The van der Waals surface area contributed by atoms with Gasteiger partial charge in [-0.15, -0.1) is 0 Å². The zero-order valence-corrected chi connectivity index (χ0v) is 10.5. The number of carbonyl (C=O) groups is 2. The summed E-state index contributed by atoms with van der Waals surface area (Å²) >= 11 is 0. The van der Waals surface area contributed by atoms with Crippen molar-refractivity contribution in [2.24, 2.45) is 4.99 Å². The van der Waals surface area contributed by atoms with E-state index in [4.69, 9.17) is 10.2 Å². The van der Waals surface area contributed by atoms with Gasteiger partial charge in [-0.3, -0.25) is 15.1 Å². The van der Waals surface area contributed by atoms with E-state index in [9.17, 15) is 9.59 Å². The smallest absolute Gasteiger partial charge is 0.325 e. The highest BCUT2D eigenvalue weighted by atomic mass is 16.3. The first-order valence-corrected chi connectivity index (χ1v) is 5.97. The van der Waals surface area contributed by atoms with Gasteiger partial charge in [0.25, 0.3) is 5.91 Å². The van der Waals surface area contributed by atoms with Crippen LogP contribution in [0.5, 0.6) is 0 Å². The third-order valence-corrected chi connectivity index (χ3v) is 3.12. The van der Waals surface area contributed by atoms with Crippen LogP contribution in [0.2, 0.25) is 0 Å². The van der Waals surface area contributed by atoms with E-state index >= 15 is 0 Å². The summed E-state index contributed by atoms with van der Waals surface area (Å²) in [4.78, 5) is 30.5. The quantitative estimate of drug-likeness (QED) is 0.436. The number of aliphatic hydroxyl groups is 2. The first kappa shape index (κ1) is 13.6. The molecule has 2 rings (SSSR count). The summed E-state index contributed by atoms with van der Waals surface area (Å²) in [6, 6.07) is -1.11. The number of rotatable bonds is 4. The van der Waals surface area contributed by atoms with E-state index in [-0.39, 0.29) is 26.3 Å². The van der Waals surface area contributed by atoms with Crippen LogP contribution in [-0.4, -0.2) is 83.5 Å². The Morgan fingerprint density at radius 1 is 1.32 bits per heavy atom. The van der Waals surface area contributed by atoms with Gasteiger partial charge in [0.15, 0.2) is 12.0 Å². The normalized spacial score (nSPS) is 28.5. The number of hydrogen-bond donors (Lipinski definition) is 4. The number of hydrogen-bond acceptors (Lipinski definition) is 5. The number of amides is 3. The molecule has 9 heteroatoms. The van der Waals surface area contributed by atoms with Crippen LogP contribution in [0.3, 0.4) is 0 Å². The molecular formula is C10H17N5O4.